The number of carbonyl (C=O) groups excluding carboxylic acids is 1. The van der Waals surface area contributed by atoms with E-state index in [1.165, 1.54) is 0 Å². The third-order valence-corrected chi connectivity index (χ3v) is 3.14. The summed E-state index contributed by atoms with van der Waals surface area (Å²) in [6, 6.07) is 7.01. The van der Waals surface area contributed by atoms with Crippen LogP contribution >= 0.6 is 0 Å². The van der Waals surface area contributed by atoms with Gasteiger partial charge in [-0.1, -0.05) is 25.5 Å². The highest BCUT2D eigenvalue weighted by Gasteiger charge is 2.19. The number of hydrogen-bond donors (Lipinski definition) is 3. The molecule has 0 aromatic heterocycles. The fourth-order valence-electron chi connectivity index (χ4n) is 2.21. The molecule has 3 N–H and O–H groups in total. The van der Waals surface area contributed by atoms with Gasteiger partial charge >= 0.3 is 12.0 Å². The standard InChI is InChI=1S/C16H24N2O3/c1-4-10-16(2,3)18-15(21)17-13-7-5-6-12(11-13)8-9-14(19)20/h5-7,11H,4,8-10H2,1-3H3,(H,19,20)(H2,17,18,21). The van der Waals surface area contributed by atoms with Gasteiger partial charge in [0, 0.05) is 17.6 Å². The summed E-state index contributed by atoms with van der Waals surface area (Å²) >= 11 is 0. The molecule has 21 heavy (non-hydrogen) atoms. The maximum absolute atomic E-state index is 12.0. The van der Waals surface area contributed by atoms with Crippen LogP contribution in [0.25, 0.3) is 0 Å². The lowest BCUT2D eigenvalue weighted by Crippen LogP contribution is -2.45. The molecule has 0 saturated heterocycles. The van der Waals surface area contributed by atoms with Crippen LogP contribution in [0.15, 0.2) is 24.3 Å². The summed E-state index contributed by atoms with van der Waals surface area (Å²) in [5.74, 6) is -0.826. The van der Waals surface area contributed by atoms with Crippen molar-refractivity contribution in [2.75, 3.05) is 5.32 Å². The van der Waals surface area contributed by atoms with E-state index in [1.807, 2.05) is 26.0 Å². The minimum absolute atomic E-state index is 0.0825. The van der Waals surface area contributed by atoms with Crippen LogP contribution in [0.1, 0.15) is 45.6 Å². The second kappa shape index (κ2) is 7.67. The highest BCUT2D eigenvalue weighted by atomic mass is 16.4. The molecule has 1 rings (SSSR count). The largest absolute Gasteiger partial charge is 0.481 e. The highest BCUT2D eigenvalue weighted by molar-refractivity contribution is 5.89. The number of hydrogen-bond acceptors (Lipinski definition) is 2. The van der Waals surface area contributed by atoms with Crippen molar-refractivity contribution in [1.29, 1.82) is 0 Å². The molecule has 0 fully saturated rings. The molecule has 5 nitrogen and oxygen atoms in total. The summed E-state index contributed by atoms with van der Waals surface area (Å²) in [4.78, 5) is 22.5. The summed E-state index contributed by atoms with van der Waals surface area (Å²) < 4.78 is 0. The van der Waals surface area contributed by atoms with Gasteiger partial charge in [-0.2, -0.15) is 0 Å². The molecule has 2 amide bonds. The van der Waals surface area contributed by atoms with Crippen LogP contribution < -0.4 is 10.6 Å². The van der Waals surface area contributed by atoms with Gasteiger partial charge in [0.05, 0.1) is 0 Å². The van der Waals surface area contributed by atoms with E-state index in [2.05, 4.69) is 17.6 Å². The van der Waals surface area contributed by atoms with Gasteiger partial charge in [-0.15, -0.1) is 0 Å². The fourth-order valence-corrected chi connectivity index (χ4v) is 2.21. The summed E-state index contributed by atoms with van der Waals surface area (Å²) in [7, 11) is 0. The first-order valence-corrected chi connectivity index (χ1v) is 7.22. The number of amides is 2. The van der Waals surface area contributed by atoms with Crippen LogP contribution in [0.4, 0.5) is 10.5 Å². The van der Waals surface area contributed by atoms with E-state index < -0.39 is 5.97 Å². The third kappa shape index (κ3) is 6.79. The molecule has 0 bridgehead atoms. The predicted octanol–water partition coefficient (Wildman–Crippen LogP) is 3.40. The van der Waals surface area contributed by atoms with Crippen molar-refractivity contribution in [2.24, 2.45) is 0 Å². The highest BCUT2D eigenvalue weighted by Crippen LogP contribution is 2.14. The van der Waals surface area contributed by atoms with Crippen molar-refractivity contribution in [3.63, 3.8) is 0 Å². The second-order valence-electron chi connectivity index (χ2n) is 5.81. The average molecular weight is 292 g/mol. The second-order valence-corrected chi connectivity index (χ2v) is 5.81. The number of carboxylic acid groups (broad SMARTS) is 1. The van der Waals surface area contributed by atoms with E-state index in [-0.39, 0.29) is 18.0 Å². The van der Waals surface area contributed by atoms with Gasteiger partial charge in [0.25, 0.3) is 0 Å². The lowest BCUT2D eigenvalue weighted by atomic mass is 9.99. The number of aryl methyl sites for hydroxylation is 1. The Morgan fingerprint density at radius 3 is 2.62 bits per heavy atom. The maximum Gasteiger partial charge on any atom is 0.319 e. The topological polar surface area (TPSA) is 78.4 Å². The van der Waals surface area contributed by atoms with Crippen LogP contribution in [0.2, 0.25) is 0 Å². The van der Waals surface area contributed by atoms with E-state index >= 15 is 0 Å². The summed E-state index contributed by atoms with van der Waals surface area (Å²) in [6.45, 7) is 6.05. The Hall–Kier alpha value is -2.04. The Balaban J connectivity index is 2.60. The molecule has 0 unspecified atom stereocenters. The molecule has 0 atom stereocenters. The molecule has 0 heterocycles. The Morgan fingerprint density at radius 2 is 2.00 bits per heavy atom. The minimum Gasteiger partial charge on any atom is -0.481 e. The van der Waals surface area contributed by atoms with Gasteiger partial charge in [0.2, 0.25) is 0 Å². The number of aliphatic carboxylic acids is 1. The average Bonchev–Trinajstić information content (AvgIpc) is 2.35. The third-order valence-electron chi connectivity index (χ3n) is 3.14. The van der Waals surface area contributed by atoms with Gasteiger partial charge in [0.15, 0.2) is 0 Å². The molecule has 0 saturated carbocycles. The number of nitrogens with one attached hydrogen (secondary N) is 2. The Morgan fingerprint density at radius 1 is 1.29 bits per heavy atom. The molecule has 0 aliphatic carbocycles. The molecule has 0 radical (unpaired) electrons. The lowest BCUT2D eigenvalue weighted by molar-refractivity contribution is -0.136. The van der Waals surface area contributed by atoms with E-state index in [9.17, 15) is 9.59 Å². The SMILES string of the molecule is CCCC(C)(C)NC(=O)Nc1cccc(CCC(=O)O)c1. The van der Waals surface area contributed by atoms with E-state index in [0.717, 1.165) is 18.4 Å². The molecule has 116 valence electrons. The quantitative estimate of drug-likeness (QED) is 0.720. The number of carbonyl (C=O) groups is 2. The molecule has 5 heteroatoms. The van der Waals surface area contributed by atoms with Crippen LogP contribution in [-0.2, 0) is 11.2 Å². The summed E-state index contributed by atoms with van der Waals surface area (Å²) in [5, 5.41) is 14.4. The maximum atomic E-state index is 12.0. The summed E-state index contributed by atoms with van der Waals surface area (Å²) in [5.41, 5.74) is 1.31. The normalized spacial score (nSPS) is 11.0. The first-order chi connectivity index (χ1) is 9.82. The fraction of sp³-hybridized carbons (Fsp3) is 0.500. The van der Waals surface area contributed by atoms with Crippen LogP contribution in [0, 0.1) is 0 Å². The van der Waals surface area contributed by atoms with Crippen molar-refractivity contribution < 1.29 is 14.7 Å². The van der Waals surface area contributed by atoms with E-state index in [4.69, 9.17) is 5.11 Å². The monoisotopic (exact) mass is 292 g/mol. The Bertz CT molecular complexity index is 498. The minimum atomic E-state index is -0.826. The van der Waals surface area contributed by atoms with Crippen LogP contribution in [0.3, 0.4) is 0 Å². The first kappa shape index (κ1) is 17.0. The van der Waals surface area contributed by atoms with Crippen molar-refractivity contribution >= 4 is 17.7 Å². The van der Waals surface area contributed by atoms with Crippen molar-refractivity contribution in [3.8, 4) is 0 Å². The predicted molar refractivity (Wildman–Crippen MR) is 83.5 cm³/mol. The Kier molecular flexibility index (Phi) is 6.21. The molecule has 0 aliphatic heterocycles. The number of benzene rings is 1. The zero-order chi connectivity index (χ0) is 15.9. The van der Waals surface area contributed by atoms with Gasteiger partial charge in [-0.25, -0.2) is 4.79 Å². The Labute approximate surface area is 125 Å². The van der Waals surface area contributed by atoms with Crippen molar-refractivity contribution in [2.45, 2.75) is 52.0 Å². The van der Waals surface area contributed by atoms with Crippen LogP contribution in [0.5, 0.6) is 0 Å². The smallest absolute Gasteiger partial charge is 0.319 e. The number of anilines is 1. The van der Waals surface area contributed by atoms with Gasteiger partial charge < -0.3 is 15.7 Å². The molecular formula is C16H24N2O3. The zero-order valence-electron chi connectivity index (χ0n) is 12.9. The lowest BCUT2D eigenvalue weighted by Gasteiger charge is -2.25. The molecule has 0 spiro atoms. The summed E-state index contributed by atoms with van der Waals surface area (Å²) in [6.07, 6.45) is 2.43. The van der Waals surface area contributed by atoms with Gasteiger partial charge in [0.1, 0.15) is 0 Å². The molecular weight excluding hydrogens is 268 g/mol. The number of rotatable bonds is 7. The van der Waals surface area contributed by atoms with E-state index in [0.29, 0.717) is 12.1 Å². The molecule has 1 aromatic carbocycles. The number of urea groups is 1. The van der Waals surface area contributed by atoms with Crippen molar-refractivity contribution in [3.05, 3.63) is 29.8 Å². The molecule has 0 aliphatic rings. The number of carboxylic acids is 1. The zero-order valence-corrected chi connectivity index (χ0v) is 12.9. The van der Waals surface area contributed by atoms with Gasteiger partial charge in [-0.05, 0) is 44.4 Å². The van der Waals surface area contributed by atoms with Crippen LogP contribution in [-0.4, -0.2) is 22.6 Å². The first-order valence-electron chi connectivity index (χ1n) is 7.22. The molecule has 1 aromatic rings. The van der Waals surface area contributed by atoms with E-state index in [1.54, 1.807) is 12.1 Å². The van der Waals surface area contributed by atoms with Gasteiger partial charge in [-0.3, -0.25) is 4.79 Å². The van der Waals surface area contributed by atoms with Crippen molar-refractivity contribution in [1.82, 2.24) is 5.32 Å².